The van der Waals surface area contributed by atoms with Crippen LogP contribution in [0.4, 0.5) is 0 Å². The van der Waals surface area contributed by atoms with Crippen molar-refractivity contribution in [3.05, 3.63) is 212 Å². The lowest BCUT2D eigenvalue weighted by molar-refractivity contribution is 0.741. The zero-order valence-electron chi connectivity index (χ0n) is 30.9. The first kappa shape index (κ1) is 33.4. The Bertz CT molecular complexity index is 2870. The number of pyridine rings is 1. The highest BCUT2D eigenvalue weighted by molar-refractivity contribution is 6.22. The van der Waals surface area contributed by atoms with E-state index in [0.717, 1.165) is 17.7 Å². The van der Waals surface area contributed by atoms with Crippen LogP contribution in [0.2, 0.25) is 0 Å². The van der Waals surface area contributed by atoms with Crippen molar-refractivity contribution in [3.63, 3.8) is 0 Å². The van der Waals surface area contributed by atoms with Gasteiger partial charge >= 0.3 is 0 Å². The molecule has 0 amide bonds. The predicted molar refractivity (Wildman–Crippen MR) is 237 cm³/mol. The average molecular weight is 715 g/mol. The lowest BCUT2D eigenvalue weighted by Gasteiger charge is -2.20. The van der Waals surface area contributed by atoms with Gasteiger partial charge in [0.05, 0.1) is 11.7 Å². The molecule has 264 valence electrons. The second-order valence-corrected chi connectivity index (χ2v) is 14.5. The highest BCUT2D eigenvalue weighted by Crippen LogP contribution is 2.46. The first-order valence-corrected chi connectivity index (χ1v) is 19.3. The van der Waals surface area contributed by atoms with Gasteiger partial charge in [-0.2, -0.15) is 0 Å². The van der Waals surface area contributed by atoms with Crippen molar-refractivity contribution in [2.75, 3.05) is 0 Å². The lowest BCUT2D eigenvalue weighted by atomic mass is 9.83. The van der Waals surface area contributed by atoms with Crippen LogP contribution in [0.1, 0.15) is 18.0 Å². The molecule has 1 aromatic heterocycles. The summed E-state index contributed by atoms with van der Waals surface area (Å²) in [6.45, 7) is 0. The Labute approximate surface area is 327 Å². The molecule has 1 aliphatic heterocycles. The molecule has 1 unspecified atom stereocenters. The van der Waals surface area contributed by atoms with Crippen LogP contribution in [-0.2, 0) is 0 Å². The molecule has 0 saturated heterocycles. The van der Waals surface area contributed by atoms with E-state index in [4.69, 9.17) is 9.98 Å². The summed E-state index contributed by atoms with van der Waals surface area (Å²) in [6.07, 6.45) is 8.95. The number of allylic oxidation sites excluding steroid dienone is 1. The van der Waals surface area contributed by atoms with Crippen molar-refractivity contribution in [1.82, 2.24) is 4.98 Å². The van der Waals surface area contributed by atoms with E-state index in [0.29, 0.717) is 0 Å². The van der Waals surface area contributed by atoms with E-state index in [1.54, 1.807) is 0 Å². The van der Waals surface area contributed by atoms with E-state index < -0.39 is 0 Å². The molecular formula is C54H38N2. The molecule has 9 aromatic rings. The smallest absolute Gasteiger partial charge is 0.0783 e. The molecule has 1 atom stereocenters. The van der Waals surface area contributed by atoms with Crippen molar-refractivity contribution in [2.24, 2.45) is 4.99 Å². The summed E-state index contributed by atoms with van der Waals surface area (Å²) < 4.78 is 0. The van der Waals surface area contributed by atoms with Crippen LogP contribution in [0.5, 0.6) is 0 Å². The SMILES string of the molecule is C1=CCC(c2cccc(-c3c4ccccc4c(-c4cccc(-c5ccccn5)c4)c4ccc(-c5cc(-c6ccccc6)cc(-c6ccccc6)c5)cc34)c2)N=C1. The molecule has 10 rings (SSSR count). The topological polar surface area (TPSA) is 25.2 Å². The lowest BCUT2D eigenvalue weighted by Crippen LogP contribution is -1.98. The van der Waals surface area contributed by atoms with Gasteiger partial charge in [0.2, 0.25) is 0 Å². The van der Waals surface area contributed by atoms with E-state index in [-0.39, 0.29) is 6.04 Å². The fourth-order valence-corrected chi connectivity index (χ4v) is 8.34. The summed E-state index contributed by atoms with van der Waals surface area (Å²) in [4.78, 5) is 9.55. The fraction of sp³-hybridized carbons (Fsp3) is 0.0370. The Hall–Kier alpha value is -7.16. The standard InChI is InChI=1S/C54H38N2/c1-3-15-37(16-4-1)44-33-45(38-17-5-2-6-18-38)35-46(34-44)39-27-28-49-50(36-39)54(43-22-14-20-41(32-43)52-26-10-12-30-56-52)48-24-8-7-23-47(48)53(49)42-21-13-19-40(31-42)51-25-9-11-29-55-51/h1-25,27-36,52H,26H2. The van der Waals surface area contributed by atoms with Crippen LogP contribution in [0.15, 0.2) is 211 Å². The van der Waals surface area contributed by atoms with Crippen LogP contribution in [0, 0.1) is 0 Å². The number of rotatable bonds is 7. The van der Waals surface area contributed by atoms with Crippen LogP contribution < -0.4 is 0 Å². The molecule has 0 bridgehead atoms. The average Bonchev–Trinajstić information content (AvgIpc) is 3.29. The van der Waals surface area contributed by atoms with Gasteiger partial charge in [-0.3, -0.25) is 9.98 Å². The monoisotopic (exact) mass is 714 g/mol. The summed E-state index contributed by atoms with van der Waals surface area (Å²) in [6, 6.07) is 68.5. The zero-order valence-corrected chi connectivity index (χ0v) is 30.9. The third kappa shape index (κ3) is 6.32. The molecule has 2 heteroatoms. The predicted octanol–water partition coefficient (Wildman–Crippen LogP) is 14.5. The van der Waals surface area contributed by atoms with E-state index in [2.05, 4.69) is 188 Å². The largest absolute Gasteiger partial charge is 0.285 e. The van der Waals surface area contributed by atoms with E-state index >= 15 is 0 Å². The molecule has 56 heavy (non-hydrogen) atoms. The Morgan fingerprint density at radius 2 is 0.929 bits per heavy atom. The number of dihydropyridines is 1. The number of fused-ring (bicyclic) bond motifs is 2. The van der Waals surface area contributed by atoms with Crippen LogP contribution in [-0.4, -0.2) is 11.2 Å². The maximum atomic E-state index is 4.85. The molecule has 0 aliphatic carbocycles. The van der Waals surface area contributed by atoms with Crippen LogP contribution in [0.25, 0.3) is 88.4 Å². The van der Waals surface area contributed by atoms with Gasteiger partial charge in [-0.25, -0.2) is 0 Å². The third-order valence-corrected chi connectivity index (χ3v) is 11.0. The summed E-state index contributed by atoms with van der Waals surface area (Å²) in [5, 5.41) is 4.88. The second-order valence-electron chi connectivity index (χ2n) is 14.5. The van der Waals surface area contributed by atoms with Crippen LogP contribution >= 0.6 is 0 Å². The molecular weight excluding hydrogens is 677 g/mol. The van der Waals surface area contributed by atoms with Crippen molar-refractivity contribution in [3.8, 4) is 66.9 Å². The van der Waals surface area contributed by atoms with E-state index in [1.807, 2.05) is 24.6 Å². The van der Waals surface area contributed by atoms with Gasteiger partial charge in [0.1, 0.15) is 0 Å². The van der Waals surface area contributed by atoms with Gasteiger partial charge < -0.3 is 0 Å². The maximum Gasteiger partial charge on any atom is 0.0783 e. The van der Waals surface area contributed by atoms with E-state index in [9.17, 15) is 0 Å². The quantitative estimate of drug-likeness (QED) is 0.151. The minimum absolute atomic E-state index is 0.110. The van der Waals surface area contributed by atoms with Crippen molar-refractivity contribution in [2.45, 2.75) is 12.5 Å². The summed E-state index contributed by atoms with van der Waals surface area (Å²) in [7, 11) is 0. The summed E-state index contributed by atoms with van der Waals surface area (Å²) in [5.74, 6) is 0. The number of nitrogens with zero attached hydrogens (tertiary/aromatic N) is 2. The van der Waals surface area contributed by atoms with Gasteiger partial charge in [-0.05, 0) is 144 Å². The highest BCUT2D eigenvalue weighted by Gasteiger charge is 2.20. The second kappa shape index (κ2) is 14.6. The number of aromatic nitrogens is 1. The van der Waals surface area contributed by atoms with Gasteiger partial charge in [-0.15, -0.1) is 0 Å². The minimum atomic E-state index is 0.110. The minimum Gasteiger partial charge on any atom is -0.285 e. The molecule has 0 saturated carbocycles. The molecule has 8 aromatic carbocycles. The highest BCUT2D eigenvalue weighted by atomic mass is 14.8. The molecule has 0 fully saturated rings. The van der Waals surface area contributed by atoms with Crippen LogP contribution in [0.3, 0.4) is 0 Å². The molecule has 2 heterocycles. The number of hydrogen-bond acceptors (Lipinski definition) is 2. The van der Waals surface area contributed by atoms with Gasteiger partial charge in [0, 0.05) is 18.0 Å². The molecule has 1 aliphatic rings. The van der Waals surface area contributed by atoms with Gasteiger partial charge in [-0.1, -0.05) is 146 Å². The maximum absolute atomic E-state index is 4.85. The molecule has 0 spiro atoms. The first-order valence-electron chi connectivity index (χ1n) is 19.3. The number of aliphatic imine (C=N–C) groups is 1. The van der Waals surface area contributed by atoms with Crippen molar-refractivity contribution < 1.29 is 0 Å². The molecule has 0 N–H and O–H groups in total. The van der Waals surface area contributed by atoms with E-state index in [1.165, 1.54) is 82.7 Å². The zero-order chi connectivity index (χ0) is 37.3. The van der Waals surface area contributed by atoms with Gasteiger partial charge in [0.15, 0.2) is 0 Å². The van der Waals surface area contributed by atoms with Crippen molar-refractivity contribution in [1.29, 1.82) is 0 Å². The molecule has 0 radical (unpaired) electrons. The summed E-state index contributed by atoms with van der Waals surface area (Å²) in [5.41, 5.74) is 15.3. The molecule has 2 nitrogen and oxygen atoms in total. The Kier molecular flexibility index (Phi) is 8.70. The summed E-state index contributed by atoms with van der Waals surface area (Å²) >= 11 is 0. The Morgan fingerprint density at radius 1 is 0.375 bits per heavy atom. The number of benzene rings is 8. The Morgan fingerprint density at radius 3 is 1.59 bits per heavy atom. The fourth-order valence-electron chi connectivity index (χ4n) is 8.34. The first-order chi connectivity index (χ1) is 27.8. The Balaban J connectivity index is 1.25. The third-order valence-electron chi connectivity index (χ3n) is 11.0. The van der Waals surface area contributed by atoms with Gasteiger partial charge in [0.25, 0.3) is 0 Å². The number of hydrogen-bond donors (Lipinski definition) is 0. The normalized spacial score (nSPS) is 13.7. The van der Waals surface area contributed by atoms with Crippen molar-refractivity contribution >= 4 is 27.8 Å².